The van der Waals surface area contributed by atoms with Crippen molar-refractivity contribution in [2.24, 2.45) is 0 Å². The van der Waals surface area contributed by atoms with E-state index in [0.717, 1.165) is 18.8 Å². The molecule has 1 saturated carbocycles. The first-order valence-electron chi connectivity index (χ1n) is 9.01. The van der Waals surface area contributed by atoms with E-state index in [1.807, 2.05) is 12.1 Å². The van der Waals surface area contributed by atoms with Gasteiger partial charge in [0.15, 0.2) is 0 Å². The first-order chi connectivity index (χ1) is 11.6. The summed E-state index contributed by atoms with van der Waals surface area (Å²) in [7, 11) is 0. The Bertz CT molecular complexity index is 540. The zero-order valence-electron chi connectivity index (χ0n) is 14.5. The molecule has 2 fully saturated rings. The second-order valence-corrected chi connectivity index (χ2v) is 7.02. The van der Waals surface area contributed by atoms with Crippen molar-refractivity contribution < 1.29 is 14.6 Å². The van der Waals surface area contributed by atoms with Crippen LogP contribution in [-0.4, -0.2) is 59.2 Å². The minimum Gasteiger partial charge on any atom is -0.490 e. The zero-order valence-corrected chi connectivity index (χ0v) is 14.5. The Hall–Kier alpha value is -1.59. The highest BCUT2D eigenvalue weighted by molar-refractivity contribution is 5.73. The Morgan fingerprint density at radius 3 is 2.54 bits per heavy atom. The van der Waals surface area contributed by atoms with Gasteiger partial charge in [0.1, 0.15) is 5.75 Å². The highest BCUT2D eigenvalue weighted by atomic mass is 16.5. The van der Waals surface area contributed by atoms with E-state index >= 15 is 0 Å². The maximum atomic E-state index is 11.5. The first kappa shape index (κ1) is 17.2. The van der Waals surface area contributed by atoms with E-state index in [0.29, 0.717) is 25.7 Å². The van der Waals surface area contributed by atoms with Crippen LogP contribution in [0.3, 0.4) is 0 Å². The third-order valence-electron chi connectivity index (χ3n) is 4.97. The number of ether oxygens (including phenoxy) is 1. The van der Waals surface area contributed by atoms with E-state index in [-0.39, 0.29) is 5.91 Å². The van der Waals surface area contributed by atoms with Crippen LogP contribution in [0.1, 0.15) is 38.2 Å². The molecule has 0 unspecified atom stereocenters. The molecule has 0 aromatic heterocycles. The summed E-state index contributed by atoms with van der Waals surface area (Å²) in [6.07, 6.45) is 4.78. The minimum atomic E-state index is -0.485. The molecule has 1 aliphatic carbocycles. The second kappa shape index (κ2) is 7.99. The SMILES string of the molecule is CC(=O)N1CCN(Cc2ccc(OC3CCCC3)cc2)C[C@H](O)C1. The Labute approximate surface area is 144 Å². The lowest BCUT2D eigenvalue weighted by Gasteiger charge is -2.21. The molecule has 5 nitrogen and oxygen atoms in total. The molecule has 1 amide bonds. The maximum Gasteiger partial charge on any atom is 0.219 e. The molecule has 1 atom stereocenters. The first-order valence-corrected chi connectivity index (χ1v) is 9.01. The summed E-state index contributed by atoms with van der Waals surface area (Å²) in [5.74, 6) is 0.980. The van der Waals surface area contributed by atoms with Crippen LogP contribution < -0.4 is 4.74 Å². The minimum absolute atomic E-state index is 0.0318. The fraction of sp³-hybridized carbons (Fsp3) is 0.632. The van der Waals surface area contributed by atoms with E-state index in [1.54, 1.807) is 11.8 Å². The largest absolute Gasteiger partial charge is 0.490 e. The number of hydrogen-bond donors (Lipinski definition) is 1. The van der Waals surface area contributed by atoms with Crippen molar-refractivity contribution in [1.29, 1.82) is 0 Å². The molecule has 0 bridgehead atoms. The van der Waals surface area contributed by atoms with E-state index in [9.17, 15) is 9.90 Å². The van der Waals surface area contributed by atoms with E-state index < -0.39 is 6.10 Å². The molecule has 0 spiro atoms. The van der Waals surface area contributed by atoms with Gasteiger partial charge in [-0.05, 0) is 43.4 Å². The van der Waals surface area contributed by atoms with Crippen LogP contribution in [0.15, 0.2) is 24.3 Å². The van der Waals surface area contributed by atoms with Gasteiger partial charge in [-0.25, -0.2) is 0 Å². The molecule has 2 aliphatic rings. The van der Waals surface area contributed by atoms with Crippen LogP contribution in [-0.2, 0) is 11.3 Å². The Kier molecular flexibility index (Phi) is 5.74. The normalized spacial score (nSPS) is 23.2. The standard InChI is InChI=1S/C19H28N2O3/c1-15(22)21-11-10-20(13-17(23)14-21)12-16-6-8-19(9-7-16)24-18-4-2-3-5-18/h6-9,17-18,23H,2-5,10-14H2,1H3/t17-/m0/s1. The number of nitrogens with zero attached hydrogens (tertiary/aromatic N) is 2. The molecular weight excluding hydrogens is 304 g/mol. The smallest absolute Gasteiger partial charge is 0.219 e. The zero-order chi connectivity index (χ0) is 16.9. The summed E-state index contributed by atoms with van der Waals surface area (Å²) >= 11 is 0. The van der Waals surface area contributed by atoms with Gasteiger partial charge in [0.25, 0.3) is 0 Å². The van der Waals surface area contributed by atoms with Gasteiger partial charge in [0, 0.05) is 39.6 Å². The average molecular weight is 332 g/mol. The van der Waals surface area contributed by atoms with Crippen LogP contribution in [0.5, 0.6) is 5.75 Å². The molecule has 1 aromatic carbocycles. The third-order valence-corrected chi connectivity index (χ3v) is 4.97. The quantitative estimate of drug-likeness (QED) is 0.917. The fourth-order valence-electron chi connectivity index (χ4n) is 3.61. The Morgan fingerprint density at radius 1 is 1.17 bits per heavy atom. The number of aliphatic hydroxyl groups is 1. The van der Waals surface area contributed by atoms with Crippen molar-refractivity contribution in [1.82, 2.24) is 9.80 Å². The van der Waals surface area contributed by atoms with E-state index in [1.165, 1.54) is 31.2 Å². The van der Waals surface area contributed by atoms with Gasteiger partial charge in [-0.1, -0.05) is 12.1 Å². The molecule has 1 aliphatic heterocycles. The van der Waals surface area contributed by atoms with Crippen LogP contribution in [0.2, 0.25) is 0 Å². The van der Waals surface area contributed by atoms with E-state index in [4.69, 9.17) is 4.74 Å². The van der Waals surface area contributed by atoms with Crippen LogP contribution >= 0.6 is 0 Å². The topological polar surface area (TPSA) is 53.0 Å². The number of rotatable bonds is 4. The molecule has 1 aromatic rings. The van der Waals surface area contributed by atoms with Crippen LogP contribution in [0.4, 0.5) is 0 Å². The van der Waals surface area contributed by atoms with Gasteiger partial charge in [-0.3, -0.25) is 9.69 Å². The van der Waals surface area contributed by atoms with Gasteiger partial charge in [-0.15, -0.1) is 0 Å². The second-order valence-electron chi connectivity index (χ2n) is 7.02. The summed E-state index contributed by atoms with van der Waals surface area (Å²) in [6, 6.07) is 8.29. The summed E-state index contributed by atoms with van der Waals surface area (Å²) < 4.78 is 6.00. The van der Waals surface area contributed by atoms with Crippen molar-refractivity contribution in [3.05, 3.63) is 29.8 Å². The number of β-amino-alcohol motifs (C(OH)–C–C–N with tert-alkyl or cyclic N) is 1. The Balaban J connectivity index is 1.54. The summed E-state index contributed by atoms with van der Waals surface area (Å²) in [5.41, 5.74) is 1.21. The van der Waals surface area contributed by atoms with Gasteiger partial charge >= 0.3 is 0 Å². The lowest BCUT2D eigenvalue weighted by atomic mass is 10.2. The Morgan fingerprint density at radius 2 is 1.88 bits per heavy atom. The molecule has 24 heavy (non-hydrogen) atoms. The maximum absolute atomic E-state index is 11.5. The van der Waals surface area contributed by atoms with Crippen molar-refractivity contribution >= 4 is 5.91 Å². The predicted octanol–water partition coefficient (Wildman–Crippen LogP) is 2.03. The molecule has 1 N–H and O–H groups in total. The molecule has 1 heterocycles. The van der Waals surface area contributed by atoms with Crippen LogP contribution in [0.25, 0.3) is 0 Å². The molecule has 1 saturated heterocycles. The number of amides is 1. The van der Waals surface area contributed by atoms with Gasteiger partial charge < -0.3 is 14.7 Å². The summed E-state index contributed by atoms with van der Waals surface area (Å²) in [6.45, 7) is 4.84. The van der Waals surface area contributed by atoms with Crippen LogP contribution in [0, 0.1) is 0 Å². The number of hydrogen-bond acceptors (Lipinski definition) is 4. The lowest BCUT2D eigenvalue weighted by Crippen LogP contribution is -2.36. The molecule has 132 valence electrons. The molecule has 0 radical (unpaired) electrons. The molecular formula is C19H28N2O3. The highest BCUT2D eigenvalue weighted by Crippen LogP contribution is 2.24. The monoisotopic (exact) mass is 332 g/mol. The number of aliphatic hydroxyl groups excluding tert-OH is 1. The van der Waals surface area contributed by atoms with Gasteiger partial charge in [0.05, 0.1) is 12.2 Å². The van der Waals surface area contributed by atoms with E-state index in [2.05, 4.69) is 17.0 Å². The number of benzene rings is 1. The molecule has 3 rings (SSSR count). The number of carbonyl (C=O) groups excluding carboxylic acids is 1. The predicted molar refractivity (Wildman–Crippen MR) is 92.9 cm³/mol. The van der Waals surface area contributed by atoms with Crippen molar-refractivity contribution in [3.63, 3.8) is 0 Å². The van der Waals surface area contributed by atoms with Gasteiger partial charge in [0.2, 0.25) is 5.91 Å². The van der Waals surface area contributed by atoms with Crippen molar-refractivity contribution in [2.75, 3.05) is 26.2 Å². The fourth-order valence-corrected chi connectivity index (χ4v) is 3.61. The molecule has 5 heteroatoms. The third kappa shape index (κ3) is 4.71. The number of carbonyl (C=O) groups is 1. The highest BCUT2D eigenvalue weighted by Gasteiger charge is 2.22. The summed E-state index contributed by atoms with van der Waals surface area (Å²) in [5, 5.41) is 10.1. The lowest BCUT2D eigenvalue weighted by molar-refractivity contribution is -0.129. The summed E-state index contributed by atoms with van der Waals surface area (Å²) in [4.78, 5) is 15.5. The van der Waals surface area contributed by atoms with Gasteiger partial charge in [-0.2, -0.15) is 0 Å². The van der Waals surface area contributed by atoms with Crippen molar-refractivity contribution in [2.45, 2.75) is 51.4 Å². The van der Waals surface area contributed by atoms with Crippen molar-refractivity contribution in [3.8, 4) is 5.75 Å². The average Bonchev–Trinajstić information content (AvgIpc) is 2.98.